The molecule has 0 aliphatic carbocycles. The van der Waals surface area contributed by atoms with Crippen molar-refractivity contribution in [1.82, 2.24) is 19.4 Å². The van der Waals surface area contributed by atoms with Crippen LogP contribution < -0.4 is 5.56 Å². The van der Waals surface area contributed by atoms with E-state index in [0.29, 0.717) is 23.3 Å². The van der Waals surface area contributed by atoms with Crippen LogP contribution in [0.2, 0.25) is 0 Å². The molecular weight excluding hydrogens is 360 g/mol. The molecule has 1 saturated heterocycles. The van der Waals surface area contributed by atoms with Gasteiger partial charge in [-0.15, -0.1) is 11.3 Å². The van der Waals surface area contributed by atoms with Gasteiger partial charge < -0.3 is 9.80 Å². The largest absolute Gasteiger partial charge is 0.339 e. The molecule has 3 heterocycles. The van der Waals surface area contributed by atoms with Crippen LogP contribution in [0.25, 0.3) is 20.7 Å². The zero-order chi connectivity index (χ0) is 18.8. The lowest BCUT2D eigenvalue weighted by Crippen LogP contribution is -2.49. The van der Waals surface area contributed by atoms with Gasteiger partial charge in [0.25, 0.3) is 5.56 Å². The van der Waals surface area contributed by atoms with E-state index in [2.05, 4.69) is 16.8 Å². The number of aromatic nitrogens is 2. The summed E-state index contributed by atoms with van der Waals surface area (Å²) in [6.45, 7) is 6.39. The summed E-state index contributed by atoms with van der Waals surface area (Å²) >= 11 is 1.50. The van der Waals surface area contributed by atoms with Gasteiger partial charge in [-0.2, -0.15) is 0 Å². The Morgan fingerprint density at radius 3 is 2.59 bits per heavy atom. The van der Waals surface area contributed by atoms with Crippen molar-refractivity contribution in [2.24, 2.45) is 0 Å². The number of hydrogen-bond donors (Lipinski definition) is 0. The number of nitrogens with zero attached hydrogens (tertiary/aromatic N) is 4. The molecule has 0 N–H and O–H groups in total. The van der Waals surface area contributed by atoms with Gasteiger partial charge in [0.05, 0.1) is 11.7 Å². The fourth-order valence-electron chi connectivity index (χ4n) is 3.38. The molecule has 0 atom stereocenters. The van der Waals surface area contributed by atoms with E-state index < -0.39 is 0 Å². The molecule has 0 saturated carbocycles. The standard InChI is InChI=1S/C20H22N4O2S/c1-2-22-8-10-23(11-9-22)18(25)13-24-14-21-19-16(20(24)26)12-17(27-19)15-6-4-3-5-7-15/h3-7,12,14H,2,8-11,13H2,1H3. The second-order valence-corrected chi connectivity index (χ2v) is 7.72. The molecule has 1 aliphatic rings. The maximum absolute atomic E-state index is 12.8. The summed E-state index contributed by atoms with van der Waals surface area (Å²) in [5, 5.41) is 0.574. The Morgan fingerprint density at radius 1 is 1.15 bits per heavy atom. The Balaban J connectivity index is 1.55. The van der Waals surface area contributed by atoms with Crippen molar-refractivity contribution in [2.75, 3.05) is 32.7 Å². The third kappa shape index (κ3) is 3.65. The fraction of sp³-hybridized carbons (Fsp3) is 0.350. The monoisotopic (exact) mass is 382 g/mol. The van der Waals surface area contributed by atoms with Crippen molar-refractivity contribution in [3.8, 4) is 10.4 Å². The van der Waals surface area contributed by atoms with Crippen LogP contribution in [0.3, 0.4) is 0 Å². The molecule has 7 heteroatoms. The lowest BCUT2D eigenvalue weighted by atomic mass is 10.2. The number of amides is 1. The first-order valence-corrected chi connectivity index (χ1v) is 10.0. The minimum absolute atomic E-state index is 0.0208. The van der Waals surface area contributed by atoms with Gasteiger partial charge in [-0.05, 0) is 18.2 Å². The third-order valence-electron chi connectivity index (χ3n) is 5.05. The Kier molecular flexibility index (Phi) is 5.05. The third-order valence-corrected chi connectivity index (χ3v) is 6.15. The minimum Gasteiger partial charge on any atom is -0.339 e. The van der Waals surface area contributed by atoms with E-state index >= 15 is 0 Å². The molecule has 1 amide bonds. The van der Waals surface area contributed by atoms with Gasteiger partial charge in [-0.3, -0.25) is 14.2 Å². The van der Waals surface area contributed by atoms with Crippen LogP contribution in [-0.2, 0) is 11.3 Å². The molecule has 3 aromatic rings. The van der Waals surface area contributed by atoms with E-state index in [-0.39, 0.29) is 18.0 Å². The molecule has 1 aliphatic heterocycles. The van der Waals surface area contributed by atoms with Crippen molar-refractivity contribution in [1.29, 1.82) is 0 Å². The number of carbonyl (C=O) groups is 1. The van der Waals surface area contributed by atoms with Gasteiger partial charge in [0.15, 0.2) is 0 Å². The molecule has 0 spiro atoms. The average molecular weight is 382 g/mol. The molecular formula is C20H22N4O2S. The summed E-state index contributed by atoms with van der Waals surface area (Å²) in [7, 11) is 0. The van der Waals surface area contributed by atoms with Crippen molar-refractivity contribution < 1.29 is 4.79 Å². The molecule has 0 radical (unpaired) electrons. The predicted molar refractivity (Wildman–Crippen MR) is 108 cm³/mol. The number of benzene rings is 1. The van der Waals surface area contributed by atoms with Gasteiger partial charge in [0.1, 0.15) is 11.4 Å². The van der Waals surface area contributed by atoms with E-state index in [0.717, 1.165) is 30.1 Å². The molecule has 0 bridgehead atoms. The minimum atomic E-state index is -0.154. The van der Waals surface area contributed by atoms with Gasteiger partial charge in [0, 0.05) is 31.1 Å². The highest BCUT2D eigenvalue weighted by Gasteiger charge is 2.21. The van der Waals surface area contributed by atoms with Gasteiger partial charge in [-0.25, -0.2) is 4.98 Å². The molecule has 4 rings (SSSR count). The molecule has 140 valence electrons. The van der Waals surface area contributed by atoms with Gasteiger partial charge >= 0.3 is 0 Å². The van der Waals surface area contributed by atoms with Crippen molar-refractivity contribution in [2.45, 2.75) is 13.5 Å². The lowest BCUT2D eigenvalue weighted by Gasteiger charge is -2.34. The maximum atomic E-state index is 12.8. The van der Waals surface area contributed by atoms with Crippen molar-refractivity contribution in [3.05, 3.63) is 53.1 Å². The highest BCUT2D eigenvalue weighted by atomic mass is 32.1. The SMILES string of the molecule is CCN1CCN(C(=O)Cn2cnc3sc(-c4ccccc4)cc3c2=O)CC1. The van der Waals surface area contributed by atoms with E-state index in [1.807, 2.05) is 41.3 Å². The van der Waals surface area contributed by atoms with Gasteiger partial charge in [0.2, 0.25) is 5.91 Å². The quantitative estimate of drug-likeness (QED) is 0.695. The Hall–Kier alpha value is -2.51. The van der Waals surface area contributed by atoms with Crippen LogP contribution >= 0.6 is 11.3 Å². The lowest BCUT2D eigenvalue weighted by molar-refractivity contribution is -0.133. The van der Waals surface area contributed by atoms with Crippen molar-refractivity contribution in [3.63, 3.8) is 0 Å². The maximum Gasteiger partial charge on any atom is 0.262 e. The van der Waals surface area contributed by atoms with E-state index in [4.69, 9.17) is 0 Å². The number of carbonyl (C=O) groups excluding carboxylic acids is 1. The molecule has 2 aromatic heterocycles. The van der Waals surface area contributed by atoms with Crippen LogP contribution in [0.15, 0.2) is 47.5 Å². The highest BCUT2D eigenvalue weighted by molar-refractivity contribution is 7.21. The molecule has 0 unspecified atom stereocenters. The molecule has 1 fully saturated rings. The summed E-state index contributed by atoms with van der Waals surface area (Å²) in [5.74, 6) is -0.0208. The Bertz CT molecular complexity index is 1000. The fourth-order valence-corrected chi connectivity index (χ4v) is 4.37. The second kappa shape index (κ2) is 7.62. The zero-order valence-corrected chi connectivity index (χ0v) is 16.1. The number of rotatable bonds is 4. The summed E-state index contributed by atoms with van der Waals surface area (Å²) in [6.07, 6.45) is 1.50. The summed E-state index contributed by atoms with van der Waals surface area (Å²) in [4.78, 5) is 35.7. The number of piperazine rings is 1. The normalized spacial score (nSPS) is 15.4. The first-order valence-electron chi connectivity index (χ1n) is 9.20. The summed E-state index contributed by atoms with van der Waals surface area (Å²) in [6, 6.07) is 11.8. The van der Waals surface area contributed by atoms with Crippen LogP contribution in [0.1, 0.15) is 6.92 Å². The van der Waals surface area contributed by atoms with E-state index in [9.17, 15) is 9.59 Å². The van der Waals surface area contributed by atoms with Gasteiger partial charge in [-0.1, -0.05) is 37.3 Å². The average Bonchev–Trinajstić information content (AvgIpc) is 3.16. The van der Waals surface area contributed by atoms with E-state index in [1.165, 1.54) is 22.2 Å². The predicted octanol–water partition coefficient (Wildman–Crippen LogP) is 2.29. The zero-order valence-electron chi connectivity index (χ0n) is 15.3. The number of thiophene rings is 1. The number of hydrogen-bond acceptors (Lipinski definition) is 5. The number of fused-ring (bicyclic) bond motifs is 1. The van der Waals surface area contributed by atoms with E-state index in [1.54, 1.807) is 0 Å². The van der Waals surface area contributed by atoms with Crippen LogP contribution in [0.5, 0.6) is 0 Å². The topological polar surface area (TPSA) is 58.4 Å². The Labute approximate surface area is 161 Å². The first-order chi connectivity index (χ1) is 13.2. The second-order valence-electron chi connectivity index (χ2n) is 6.69. The van der Waals surface area contributed by atoms with Crippen LogP contribution in [-0.4, -0.2) is 58.0 Å². The van der Waals surface area contributed by atoms with Crippen LogP contribution in [0, 0.1) is 0 Å². The highest BCUT2D eigenvalue weighted by Crippen LogP contribution is 2.30. The number of likely N-dealkylation sites (N-methyl/N-ethyl adjacent to an activating group) is 1. The first kappa shape index (κ1) is 17.9. The molecule has 27 heavy (non-hydrogen) atoms. The summed E-state index contributed by atoms with van der Waals surface area (Å²) < 4.78 is 1.43. The smallest absolute Gasteiger partial charge is 0.262 e. The van der Waals surface area contributed by atoms with Crippen LogP contribution in [0.4, 0.5) is 0 Å². The van der Waals surface area contributed by atoms with Crippen molar-refractivity contribution >= 4 is 27.5 Å². The molecule has 6 nitrogen and oxygen atoms in total. The Morgan fingerprint density at radius 2 is 1.89 bits per heavy atom. The molecule has 1 aromatic carbocycles. The summed E-state index contributed by atoms with van der Waals surface area (Å²) in [5.41, 5.74) is 0.912.